The van der Waals surface area contributed by atoms with E-state index in [1.807, 2.05) is 11.0 Å². The second-order valence-electron chi connectivity index (χ2n) is 4.06. The van der Waals surface area contributed by atoms with Gasteiger partial charge in [0.2, 0.25) is 0 Å². The van der Waals surface area contributed by atoms with Crippen LogP contribution >= 0.6 is 0 Å². The molecule has 1 aromatic carbocycles. The number of rotatable bonds is 2. The number of halogens is 1. The van der Waals surface area contributed by atoms with Gasteiger partial charge in [-0.15, -0.1) is 0 Å². The number of anilines is 1. The van der Waals surface area contributed by atoms with Crippen LogP contribution in [0.25, 0.3) is 0 Å². The van der Waals surface area contributed by atoms with Gasteiger partial charge in [0, 0.05) is 18.7 Å². The molecule has 86 valence electrons. The quantitative estimate of drug-likeness (QED) is 0.776. The molecule has 0 bridgehead atoms. The first kappa shape index (κ1) is 11.1. The minimum Gasteiger partial charge on any atom is -0.389 e. The summed E-state index contributed by atoms with van der Waals surface area (Å²) >= 11 is 0. The summed E-state index contributed by atoms with van der Waals surface area (Å²) < 4.78 is 13.8. The van der Waals surface area contributed by atoms with E-state index >= 15 is 0 Å². The summed E-state index contributed by atoms with van der Waals surface area (Å²) in [6.07, 6.45) is 4.41. The lowest BCUT2D eigenvalue weighted by Crippen LogP contribution is -2.29. The average molecular weight is 221 g/mol. The zero-order chi connectivity index (χ0) is 11.5. The first-order valence-electron chi connectivity index (χ1n) is 5.56. The maximum absolute atomic E-state index is 13.8. The Morgan fingerprint density at radius 3 is 2.81 bits per heavy atom. The third-order valence-electron chi connectivity index (χ3n) is 2.84. The van der Waals surface area contributed by atoms with Crippen molar-refractivity contribution < 1.29 is 9.50 Å². The number of hydrogen-bond donors (Lipinski definition) is 1. The molecule has 0 radical (unpaired) electrons. The molecular weight excluding hydrogens is 205 g/mol. The summed E-state index contributed by atoms with van der Waals surface area (Å²) in [6, 6.07) is 4.86. The summed E-state index contributed by atoms with van der Waals surface area (Å²) in [6.45, 7) is 3.18. The summed E-state index contributed by atoms with van der Waals surface area (Å²) in [4.78, 5) is 1.97. The van der Waals surface area contributed by atoms with Crippen LogP contribution in [0.4, 0.5) is 10.1 Å². The van der Waals surface area contributed by atoms with Crippen molar-refractivity contribution in [2.45, 2.75) is 19.4 Å². The van der Waals surface area contributed by atoms with E-state index < -0.39 is 6.10 Å². The van der Waals surface area contributed by atoms with Crippen LogP contribution in [0.3, 0.4) is 0 Å². The highest BCUT2D eigenvalue weighted by Gasteiger charge is 2.18. The molecule has 0 saturated carbocycles. The van der Waals surface area contributed by atoms with E-state index in [-0.39, 0.29) is 5.82 Å². The highest BCUT2D eigenvalue weighted by molar-refractivity contribution is 5.56. The van der Waals surface area contributed by atoms with Gasteiger partial charge >= 0.3 is 0 Å². The van der Waals surface area contributed by atoms with Crippen LogP contribution in [0, 0.1) is 5.82 Å². The molecule has 2 nitrogen and oxygen atoms in total. The lowest BCUT2D eigenvalue weighted by Gasteiger charge is -2.29. The van der Waals surface area contributed by atoms with Crippen LogP contribution in [-0.4, -0.2) is 18.2 Å². The Bertz CT molecular complexity index is 401. The van der Waals surface area contributed by atoms with Crippen molar-refractivity contribution in [2.24, 2.45) is 0 Å². The Hall–Kier alpha value is -1.35. The Kier molecular flexibility index (Phi) is 3.25. The molecule has 0 saturated heterocycles. The molecule has 1 aromatic rings. The fraction of sp³-hybridized carbons (Fsp3) is 0.385. The van der Waals surface area contributed by atoms with Crippen molar-refractivity contribution in [1.29, 1.82) is 0 Å². The van der Waals surface area contributed by atoms with Gasteiger partial charge in [-0.05, 0) is 19.4 Å². The monoisotopic (exact) mass is 221 g/mol. The third kappa shape index (κ3) is 2.09. The zero-order valence-electron chi connectivity index (χ0n) is 9.36. The lowest BCUT2D eigenvalue weighted by molar-refractivity contribution is 0.199. The molecule has 2 rings (SSSR count). The number of benzene rings is 1. The molecule has 0 aromatic heterocycles. The number of aliphatic hydroxyl groups is 1. The van der Waals surface area contributed by atoms with Crippen LogP contribution in [0.15, 0.2) is 30.4 Å². The molecular formula is C13H16FNO. The Morgan fingerprint density at radius 2 is 2.19 bits per heavy atom. The Labute approximate surface area is 95.0 Å². The van der Waals surface area contributed by atoms with Gasteiger partial charge in [-0.2, -0.15) is 0 Å². The first-order valence-corrected chi connectivity index (χ1v) is 5.56. The fourth-order valence-corrected chi connectivity index (χ4v) is 2.05. The van der Waals surface area contributed by atoms with Crippen molar-refractivity contribution in [1.82, 2.24) is 0 Å². The molecule has 0 fully saturated rings. The van der Waals surface area contributed by atoms with E-state index in [1.165, 1.54) is 6.07 Å². The van der Waals surface area contributed by atoms with Crippen molar-refractivity contribution in [3.8, 4) is 0 Å². The SMILES string of the molecule is C[C@@H](O)c1cccc(F)c1N1CC=CCC1. The van der Waals surface area contributed by atoms with E-state index in [1.54, 1.807) is 19.1 Å². The van der Waals surface area contributed by atoms with E-state index in [9.17, 15) is 9.50 Å². The van der Waals surface area contributed by atoms with E-state index in [4.69, 9.17) is 0 Å². The highest BCUT2D eigenvalue weighted by Crippen LogP contribution is 2.30. The molecule has 1 aliphatic rings. The highest BCUT2D eigenvalue weighted by atomic mass is 19.1. The maximum Gasteiger partial charge on any atom is 0.146 e. The van der Waals surface area contributed by atoms with E-state index in [0.717, 1.165) is 13.0 Å². The minimum absolute atomic E-state index is 0.256. The molecule has 1 atom stereocenters. The summed E-state index contributed by atoms with van der Waals surface area (Å²) in [7, 11) is 0. The number of hydrogen-bond acceptors (Lipinski definition) is 2. The van der Waals surface area contributed by atoms with Gasteiger partial charge in [0.1, 0.15) is 5.82 Å². The average Bonchev–Trinajstić information content (AvgIpc) is 2.29. The van der Waals surface area contributed by atoms with Gasteiger partial charge in [0.15, 0.2) is 0 Å². The maximum atomic E-state index is 13.8. The van der Waals surface area contributed by atoms with Crippen LogP contribution in [0.5, 0.6) is 0 Å². The lowest BCUT2D eigenvalue weighted by atomic mass is 10.1. The molecule has 1 heterocycles. The van der Waals surface area contributed by atoms with Crippen molar-refractivity contribution in [3.05, 3.63) is 41.7 Å². The molecule has 0 amide bonds. The van der Waals surface area contributed by atoms with Crippen LogP contribution in [-0.2, 0) is 0 Å². The molecule has 1 aliphatic heterocycles. The predicted molar refractivity (Wildman–Crippen MR) is 63.0 cm³/mol. The number of nitrogens with zero attached hydrogens (tertiary/aromatic N) is 1. The van der Waals surface area contributed by atoms with Gasteiger partial charge in [-0.3, -0.25) is 0 Å². The molecule has 3 heteroatoms. The third-order valence-corrected chi connectivity index (χ3v) is 2.84. The Morgan fingerprint density at radius 1 is 1.38 bits per heavy atom. The molecule has 0 spiro atoms. The summed E-state index contributed by atoms with van der Waals surface area (Å²) in [5, 5.41) is 9.65. The topological polar surface area (TPSA) is 23.5 Å². The minimum atomic E-state index is -0.642. The smallest absolute Gasteiger partial charge is 0.146 e. The van der Waals surface area contributed by atoms with Crippen LogP contribution < -0.4 is 4.90 Å². The van der Waals surface area contributed by atoms with Crippen LogP contribution in [0.1, 0.15) is 25.0 Å². The van der Waals surface area contributed by atoms with Gasteiger partial charge < -0.3 is 10.0 Å². The molecule has 1 N–H and O–H groups in total. The second kappa shape index (κ2) is 4.66. The standard InChI is InChI=1S/C13H16FNO/c1-10(16)11-6-5-7-12(14)13(11)15-8-3-2-4-9-15/h2-3,5-7,10,16H,4,8-9H2,1H3/t10-/m1/s1. The molecule has 0 aliphatic carbocycles. The van der Waals surface area contributed by atoms with Crippen molar-refractivity contribution >= 4 is 5.69 Å². The molecule has 16 heavy (non-hydrogen) atoms. The van der Waals surface area contributed by atoms with Crippen LogP contribution in [0.2, 0.25) is 0 Å². The fourth-order valence-electron chi connectivity index (χ4n) is 2.05. The van der Waals surface area contributed by atoms with Crippen molar-refractivity contribution in [2.75, 3.05) is 18.0 Å². The van der Waals surface area contributed by atoms with Gasteiger partial charge in [-0.1, -0.05) is 24.3 Å². The van der Waals surface area contributed by atoms with E-state index in [2.05, 4.69) is 6.08 Å². The number of aliphatic hydroxyl groups excluding tert-OH is 1. The number of para-hydroxylation sites is 1. The summed E-state index contributed by atoms with van der Waals surface area (Å²) in [5.74, 6) is -0.256. The normalized spacial score (nSPS) is 17.6. The van der Waals surface area contributed by atoms with Crippen molar-refractivity contribution in [3.63, 3.8) is 0 Å². The first-order chi connectivity index (χ1) is 7.70. The van der Waals surface area contributed by atoms with Gasteiger partial charge in [0.25, 0.3) is 0 Å². The van der Waals surface area contributed by atoms with E-state index in [0.29, 0.717) is 17.8 Å². The second-order valence-corrected chi connectivity index (χ2v) is 4.06. The Balaban J connectivity index is 2.41. The summed E-state index contributed by atoms with van der Waals surface area (Å²) in [5.41, 5.74) is 1.21. The predicted octanol–water partition coefficient (Wildman–Crippen LogP) is 2.65. The van der Waals surface area contributed by atoms with Gasteiger partial charge in [0.05, 0.1) is 11.8 Å². The van der Waals surface area contributed by atoms with Gasteiger partial charge in [-0.25, -0.2) is 4.39 Å². The molecule has 0 unspecified atom stereocenters. The largest absolute Gasteiger partial charge is 0.389 e. The zero-order valence-corrected chi connectivity index (χ0v) is 9.36.